The number of benzene rings is 2. The van der Waals surface area contributed by atoms with Crippen molar-refractivity contribution in [3.63, 3.8) is 0 Å². The average Bonchev–Trinajstić information content (AvgIpc) is 3.08. The number of rotatable bonds is 22. The zero-order valence-electron chi connectivity index (χ0n) is 30.1. The van der Waals surface area contributed by atoms with Crippen LogP contribution in [0, 0.1) is 0 Å². The van der Waals surface area contributed by atoms with Crippen LogP contribution in [0.15, 0.2) is 47.5 Å². The molecule has 1 aliphatic rings. The molecule has 0 bridgehead atoms. The third-order valence-corrected chi connectivity index (χ3v) is 8.44. The molecule has 0 saturated heterocycles. The Balaban J connectivity index is 1.62. The number of Topliss-reactive ketones (excluding diaryl/α,β-unsaturated/α-hetero) is 1. The number of methoxy groups -OCH3 is 2. The molecule has 0 heterocycles. The monoisotopic (exact) mass is 648 g/mol. The average molecular weight is 649 g/mol. The summed E-state index contributed by atoms with van der Waals surface area (Å²) in [6.45, 7) is 16.8. The van der Waals surface area contributed by atoms with Crippen molar-refractivity contribution < 1.29 is 23.7 Å². The lowest BCUT2D eigenvalue weighted by atomic mass is 9.87. The van der Waals surface area contributed by atoms with Crippen LogP contribution in [0.25, 0.3) is 12.2 Å². The molecule has 0 spiro atoms. The van der Waals surface area contributed by atoms with E-state index in [9.17, 15) is 4.79 Å². The van der Waals surface area contributed by atoms with E-state index in [2.05, 4.69) is 37.5 Å². The van der Waals surface area contributed by atoms with Gasteiger partial charge in [-0.15, -0.1) is 0 Å². The van der Waals surface area contributed by atoms with Crippen molar-refractivity contribution >= 4 is 17.9 Å². The summed E-state index contributed by atoms with van der Waals surface area (Å²) in [6.07, 6.45) is 13.0. The van der Waals surface area contributed by atoms with E-state index in [-0.39, 0.29) is 5.78 Å². The molecule has 0 aliphatic heterocycles. The number of hydrogen-bond donors (Lipinski definition) is 0. The maximum Gasteiger partial charge on any atom is 0.185 e. The fourth-order valence-electron chi connectivity index (χ4n) is 6.24. The second-order valence-corrected chi connectivity index (χ2v) is 12.4. The SMILES string of the molecule is CCCN(CCC)CCCOc1ccc(/C=C2\CCC/C(=C\c3ccc(OCCCN(CCC)CCC)c(OC)c3)C2=O)cc1OC. The van der Waals surface area contributed by atoms with Crippen LogP contribution in [0.4, 0.5) is 0 Å². The van der Waals surface area contributed by atoms with Crippen molar-refractivity contribution in [1.82, 2.24) is 9.80 Å². The Morgan fingerprint density at radius 3 is 1.36 bits per heavy atom. The number of allylic oxidation sites excluding steroid dienone is 2. The van der Waals surface area contributed by atoms with Crippen LogP contribution in [0.1, 0.15) is 96.6 Å². The van der Waals surface area contributed by atoms with Gasteiger partial charge in [0.25, 0.3) is 0 Å². The number of hydrogen-bond acceptors (Lipinski definition) is 7. The van der Waals surface area contributed by atoms with Gasteiger partial charge in [-0.05, 0) is 132 Å². The summed E-state index contributed by atoms with van der Waals surface area (Å²) in [4.78, 5) is 18.6. The molecule has 47 heavy (non-hydrogen) atoms. The third kappa shape index (κ3) is 12.7. The van der Waals surface area contributed by atoms with Gasteiger partial charge in [-0.3, -0.25) is 4.79 Å². The van der Waals surface area contributed by atoms with Crippen LogP contribution < -0.4 is 18.9 Å². The molecule has 7 heteroatoms. The lowest BCUT2D eigenvalue weighted by Crippen LogP contribution is -2.27. The second kappa shape index (κ2) is 21.6. The lowest BCUT2D eigenvalue weighted by molar-refractivity contribution is -0.112. The van der Waals surface area contributed by atoms with Gasteiger partial charge in [-0.1, -0.05) is 39.8 Å². The Hall–Kier alpha value is -3.29. The second-order valence-electron chi connectivity index (χ2n) is 12.4. The maximum atomic E-state index is 13.6. The lowest BCUT2D eigenvalue weighted by Gasteiger charge is -2.21. The molecule has 2 aromatic rings. The van der Waals surface area contributed by atoms with Crippen molar-refractivity contribution in [3.05, 3.63) is 58.7 Å². The van der Waals surface area contributed by atoms with Gasteiger partial charge in [0.15, 0.2) is 28.8 Å². The summed E-state index contributed by atoms with van der Waals surface area (Å²) >= 11 is 0. The molecular formula is C40H60N2O5. The largest absolute Gasteiger partial charge is 0.493 e. The van der Waals surface area contributed by atoms with E-state index < -0.39 is 0 Å². The van der Waals surface area contributed by atoms with Gasteiger partial charge in [0.2, 0.25) is 0 Å². The highest BCUT2D eigenvalue weighted by atomic mass is 16.5. The van der Waals surface area contributed by atoms with E-state index in [1.165, 1.54) is 25.7 Å². The normalized spacial score (nSPS) is 15.2. The van der Waals surface area contributed by atoms with E-state index in [0.29, 0.717) is 24.7 Å². The highest BCUT2D eigenvalue weighted by molar-refractivity contribution is 6.14. The Labute approximate surface area is 284 Å². The summed E-state index contributed by atoms with van der Waals surface area (Å²) in [6, 6.07) is 11.8. The highest BCUT2D eigenvalue weighted by Gasteiger charge is 2.21. The van der Waals surface area contributed by atoms with Crippen LogP contribution >= 0.6 is 0 Å². The quantitative estimate of drug-likeness (QED) is 0.0935. The molecule has 0 unspecified atom stereocenters. The van der Waals surface area contributed by atoms with E-state index in [1.807, 2.05) is 48.6 Å². The molecule has 2 aromatic carbocycles. The minimum absolute atomic E-state index is 0.0993. The zero-order valence-corrected chi connectivity index (χ0v) is 30.1. The molecule has 0 aromatic heterocycles. The van der Waals surface area contributed by atoms with Crippen LogP contribution in [0.3, 0.4) is 0 Å². The summed E-state index contributed by atoms with van der Waals surface area (Å²) in [7, 11) is 3.32. The van der Waals surface area contributed by atoms with Crippen LogP contribution in [0.2, 0.25) is 0 Å². The third-order valence-electron chi connectivity index (χ3n) is 8.44. The minimum Gasteiger partial charge on any atom is -0.493 e. The minimum atomic E-state index is 0.0993. The van der Waals surface area contributed by atoms with Crippen molar-refractivity contribution in [2.45, 2.75) is 85.5 Å². The first-order chi connectivity index (χ1) is 23.0. The molecule has 1 saturated carbocycles. The first kappa shape index (κ1) is 38.2. The van der Waals surface area contributed by atoms with Gasteiger partial charge >= 0.3 is 0 Å². The van der Waals surface area contributed by atoms with Gasteiger partial charge in [-0.2, -0.15) is 0 Å². The molecule has 7 nitrogen and oxygen atoms in total. The fraction of sp³-hybridized carbons (Fsp3) is 0.575. The van der Waals surface area contributed by atoms with Gasteiger partial charge in [-0.25, -0.2) is 0 Å². The summed E-state index contributed by atoms with van der Waals surface area (Å²) in [5, 5.41) is 0. The maximum absolute atomic E-state index is 13.6. The van der Waals surface area contributed by atoms with Gasteiger partial charge in [0.1, 0.15) is 0 Å². The summed E-state index contributed by atoms with van der Waals surface area (Å²) in [5.74, 6) is 2.94. The Morgan fingerprint density at radius 2 is 1.00 bits per heavy atom. The molecule has 3 rings (SSSR count). The van der Waals surface area contributed by atoms with Crippen LogP contribution in [0.5, 0.6) is 23.0 Å². The van der Waals surface area contributed by atoms with E-state index in [4.69, 9.17) is 18.9 Å². The van der Waals surface area contributed by atoms with Crippen molar-refractivity contribution in [3.8, 4) is 23.0 Å². The summed E-state index contributed by atoms with van der Waals surface area (Å²) in [5.41, 5.74) is 3.51. The molecule has 0 radical (unpaired) electrons. The molecule has 0 amide bonds. The Kier molecular flexibility index (Phi) is 17.5. The molecule has 0 atom stereocenters. The predicted molar refractivity (Wildman–Crippen MR) is 195 cm³/mol. The van der Waals surface area contributed by atoms with Crippen molar-refractivity contribution in [1.29, 1.82) is 0 Å². The topological polar surface area (TPSA) is 60.5 Å². The van der Waals surface area contributed by atoms with Gasteiger partial charge in [0.05, 0.1) is 27.4 Å². The van der Waals surface area contributed by atoms with Gasteiger partial charge in [0, 0.05) is 24.2 Å². The standard InChI is InChI=1S/C40H60N2O5/c1-7-20-41(21-8-2)24-12-26-46-36-18-16-32(30-38(36)44-5)28-34-14-11-15-35(40(34)43)29-33-17-19-37(39(31-33)45-6)47-27-13-25-42(22-9-3)23-10-4/h16-19,28-31H,7-15,20-27H2,1-6H3/b34-28+,35-29+. The smallest absolute Gasteiger partial charge is 0.185 e. The van der Waals surface area contributed by atoms with Crippen LogP contribution in [-0.2, 0) is 4.79 Å². The molecule has 260 valence electrons. The number of ketones is 1. The van der Waals surface area contributed by atoms with Crippen molar-refractivity contribution in [2.75, 3.05) is 66.7 Å². The molecule has 1 fully saturated rings. The van der Waals surface area contributed by atoms with E-state index in [0.717, 1.165) is 105 Å². The Morgan fingerprint density at radius 1 is 0.596 bits per heavy atom. The molecular weight excluding hydrogens is 588 g/mol. The van der Waals surface area contributed by atoms with Crippen LogP contribution in [-0.4, -0.2) is 82.3 Å². The first-order valence-electron chi connectivity index (χ1n) is 18.0. The number of carbonyl (C=O) groups is 1. The first-order valence-corrected chi connectivity index (χ1v) is 18.0. The number of carbonyl (C=O) groups excluding carboxylic acids is 1. The molecule has 1 aliphatic carbocycles. The number of ether oxygens (including phenoxy) is 4. The zero-order chi connectivity index (χ0) is 33.9. The van der Waals surface area contributed by atoms with E-state index >= 15 is 0 Å². The predicted octanol–water partition coefficient (Wildman–Crippen LogP) is 8.71. The molecule has 0 N–H and O–H groups in total. The fourth-order valence-corrected chi connectivity index (χ4v) is 6.24. The highest BCUT2D eigenvalue weighted by Crippen LogP contribution is 2.34. The summed E-state index contributed by atoms with van der Waals surface area (Å²) < 4.78 is 23.5. The van der Waals surface area contributed by atoms with Gasteiger partial charge < -0.3 is 28.7 Å². The van der Waals surface area contributed by atoms with Crippen molar-refractivity contribution in [2.24, 2.45) is 0 Å². The number of nitrogens with zero attached hydrogens (tertiary/aromatic N) is 2. The van der Waals surface area contributed by atoms with E-state index in [1.54, 1.807) is 14.2 Å². The Bertz CT molecular complexity index is 1180.